The Morgan fingerprint density at radius 3 is 3.00 bits per heavy atom. The van der Waals surface area contributed by atoms with E-state index in [0.29, 0.717) is 5.75 Å². The molecule has 2 atom stereocenters. The molecule has 0 aromatic rings. The van der Waals surface area contributed by atoms with Crippen LogP contribution in [0.3, 0.4) is 0 Å². The van der Waals surface area contributed by atoms with Gasteiger partial charge in [0.05, 0.1) is 19.7 Å². The average molecular weight is 248 g/mol. The largest absolute Gasteiger partial charge is 0.467 e. The third-order valence-corrected chi connectivity index (χ3v) is 3.24. The Kier molecular flexibility index (Phi) is 5.58. The van der Waals surface area contributed by atoms with Crippen LogP contribution in [0.1, 0.15) is 0 Å². The van der Waals surface area contributed by atoms with E-state index in [1.54, 1.807) is 11.8 Å². The van der Waals surface area contributed by atoms with Gasteiger partial charge in [0.1, 0.15) is 0 Å². The molecule has 16 heavy (non-hydrogen) atoms. The zero-order chi connectivity index (χ0) is 12.0. The number of hydrogen-bond donors (Lipinski definition) is 3. The van der Waals surface area contributed by atoms with Crippen LogP contribution in [-0.2, 0) is 14.3 Å². The Morgan fingerprint density at radius 1 is 1.69 bits per heavy atom. The van der Waals surface area contributed by atoms with Crippen molar-refractivity contribution < 1.29 is 19.4 Å². The van der Waals surface area contributed by atoms with Crippen molar-refractivity contribution in [2.24, 2.45) is 0 Å². The van der Waals surface area contributed by atoms with Gasteiger partial charge in [-0.15, -0.1) is 0 Å². The first-order valence-corrected chi connectivity index (χ1v) is 6.15. The molecule has 6 nitrogen and oxygen atoms in total. The molecule has 1 heterocycles. The van der Waals surface area contributed by atoms with Crippen molar-refractivity contribution in [1.82, 2.24) is 10.6 Å². The number of rotatable bonds is 4. The number of hydrogen-bond acceptors (Lipinski definition) is 6. The van der Waals surface area contributed by atoms with Crippen molar-refractivity contribution >= 4 is 23.6 Å². The standard InChI is InChI=1S/C9H16N2O4S/c1-15-9(14)7(12)4-11-8(13)6-5-16-3-2-10-6/h6-7,10,12H,2-5H2,1H3,(H,11,13). The van der Waals surface area contributed by atoms with E-state index in [1.165, 1.54) is 7.11 Å². The Labute approximate surface area is 98.1 Å². The number of amides is 1. The van der Waals surface area contributed by atoms with Crippen molar-refractivity contribution in [3.05, 3.63) is 0 Å². The van der Waals surface area contributed by atoms with E-state index in [2.05, 4.69) is 15.4 Å². The number of esters is 1. The van der Waals surface area contributed by atoms with Crippen LogP contribution in [0.15, 0.2) is 0 Å². The number of ether oxygens (including phenoxy) is 1. The van der Waals surface area contributed by atoms with Crippen LogP contribution in [0.4, 0.5) is 0 Å². The summed E-state index contributed by atoms with van der Waals surface area (Å²) in [6.07, 6.45) is -1.30. The fourth-order valence-electron chi connectivity index (χ4n) is 1.27. The Bertz CT molecular complexity index is 256. The molecular weight excluding hydrogens is 232 g/mol. The van der Waals surface area contributed by atoms with Gasteiger partial charge in [-0.05, 0) is 0 Å². The number of methoxy groups -OCH3 is 1. The van der Waals surface area contributed by atoms with Crippen LogP contribution in [-0.4, -0.2) is 60.8 Å². The summed E-state index contributed by atoms with van der Waals surface area (Å²) in [5.41, 5.74) is 0. The summed E-state index contributed by atoms with van der Waals surface area (Å²) < 4.78 is 4.33. The molecule has 1 rings (SSSR count). The normalized spacial score (nSPS) is 22.2. The molecule has 0 spiro atoms. The quantitative estimate of drug-likeness (QED) is 0.516. The van der Waals surface area contributed by atoms with E-state index >= 15 is 0 Å². The zero-order valence-corrected chi connectivity index (χ0v) is 9.88. The van der Waals surface area contributed by atoms with Crippen LogP contribution in [0.25, 0.3) is 0 Å². The van der Waals surface area contributed by atoms with Gasteiger partial charge in [-0.25, -0.2) is 4.79 Å². The molecule has 0 aliphatic carbocycles. The third-order valence-electron chi connectivity index (χ3n) is 2.18. The maximum Gasteiger partial charge on any atom is 0.336 e. The average Bonchev–Trinajstić information content (AvgIpc) is 2.35. The fourth-order valence-corrected chi connectivity index (χ4v) is 2.21. The fraction of sp³-hybridized carbons (Fsp3) is 0.778. The molecule has 0 aromatic carbocycles. The molecule has 1 amide bonds. The first kappa shape index (κ1) is 13.3. The predicted octanol–water partition coefficient (Wildman–Crippen LogP) is -1.66. The highest BCUT2D eigenvalue weighted by molar-refractivity contribution is 7.99. The van der Waals surface area contributed by atoms with Gasteiger partial charge in [0, 0.05) is 18.1 Å². The second-order valence-electron chi connectivity index (χ2n) is 3.37. The molecule has 3 N–H and O–H groups in total. The number of nitrogens with one attached hydrogen (secondary N) is 2. The number of carbonyl (C=O) groups excluding carboxylic acids is 2. The van der Waals surface area contributed by atoms with E-state index in [-0.39, 0.29) is 18.5 Å². The molecule has 7 heteroatoms. The summed E-state index contributed by atoms with van der Waals surface area (Å²) in [4.78, 5) is 22.4. The Balaban J connectivity index is 2.26. The highest BCUT2D eigenvalue weighted by atomic mass is 32.2. The van der Waals surface area contributed by atoms with E-state index in [4.69, 9.17) is 0 Å². The lowest BCUT2D eigenvalue weighted by atomic mass is 10.3. The van der Waals surface area contributed by atoms with Gasteiger partial charge in [0.2, 0.25) is 5.91 Å². The predicted molar refractivity (Wildman–Crippen MR) is 60.1 cm³/mol. The van der Waals surface area contributed by atoms with E-state index in [9.17, 15) is 14.7 Å². The Morgan fingerprint density at radius 2 is 2.44 bits per heavy atom. The van der Waals surface area contributed by atoms with E-state index in [0.717, 1.165) is 12.3 Å². The molecule has 0 aromatic heterocycles. The van der Waals surface area contributed by atoms with Gasteiger partial charge in [-0.3, -0.25) is 4.79 Å². The van der Waals surface area contributed by atoms with Gasteiger partial charge in [-0.2, -0.15) is 11.8 Å². The molecule has 1 saturated heterocycles. The third kappa shape index (κ3) is 3.99. The molecule has 92 valence electrons. The lowest BCUT2D eigenvalue weighted by Gasteiger charge is -2.22. The van der Waals surface area contributed by atoms with Gasteiger partial charge in [0.25, 0.3) is 0 Å². The number of carbonyl (C=O) groups is 2. The summed E-state index contributed by atoms with van der Waals surface area (Å²) in [6, 6.07) is -0.247. The van der Waals surface area contributed by atoms with Crippen LogP contribution >= 0.6 is 11.8 Å². The lowest BCUT2D eigenvalue weighted by molar-refractivity contribution is -0.150. The zero-order valence-electron chi connectivity index (χ0n) is 9.06. The second-order valence-corrected chi connectivity index (χ2v) is 4.52. The number of aliphatic hydroxyl groups excluding tert-OH is 1. The van der Waals surface area contributed by atoms with E-state index in [1.807, 2.05) is 0 Å². The van der Waals surface area contributed by atoms with Crippen molar-refractivity contribution in [3.8, 4) is 0 Å². The lowest BCUT2D eigenvalue weighted by Crippen LogP contribution is -2.50. The van der Waals surface area contributed by atoms with Crippen molar-refractivity contribution in [1.29, 1.82) is 0 Å². The first-order chi connectivity index (χ1) is 7.65. The molecule has 0 saturated carbocycles. The maximum absolute atomic E-state index is 11.6. The summed E-state index contributed by atoms with van der Waals surface area (Å²) in [5, 5.41) is 14.8. The molecule has 1 fully saturated rings. The highest BCUT2D eigenvalue weighted by Gasteiger charge is 2.22. The van der Waals surface area contributed by atoms with Gasteiger partial charge >= 0.3 is 5.97 Å². The van der Waals surface area contributed by atoms with Gasteiger partial charge in [-0.1, -0.05) is 0 Å². The van der Waals surface area contributed by atoms with Crippen LogP contribution in [0, 0.1) is 0 Å². The van der Waals surface area contributed by atoms with Crippen LogP contribution < -0.4 is 10.6 Å². The minimum Gasteiger partial charge on any atom is -0.467 e. The summed E-state index contributed by atoms with van der Waals surface area (Å²) in [7, 11) is 1.19. The van der Waals surface area contributed by atoms with Crippen LogP contribution in [0.5, 0.6) is 0 Å². The monoisotopic (exact) mass is 248 g/mol. The summed E-state index contributed by atoms with van der Waals surface area (Å²) in [6.45, 7) is 0.677. The van der Waals surface area contributed by atoms with Crippen molar-refractivity contribution in [2.75, 3.05) is 31.7 Å². The minimum atomic E-state index is -1.30. The summed E-state index contributed by atoms with van der Waals surface area (Å²) in [5.74, 6) is 0.760. The minimum absolute atomic E-state index is 0.117. The number of aliphatic hydroxyl groups is 1. The maximum atomic E-state index is 11.6. The first-order valence-electron chi connectivity index (χ1n) is 5.00. The highest BCUT2D eigenvalue weighted by Crippen LogP contribution is 2.07. The van der Waals surface area contributed by atoms with Crippen molar-refractivity contribution in [3.63, 3.8) is 0 Å². The SMILES string of the molecule is COC(=O)C(O)CNC(=O)C1CSCCN1. The molecule has 2 unspecified atom stereocenters. The van der Waals surface area contributed by atoms with Crippen molar-refractivity contribution in [2.45, 2.75) is 12.1 Å². The molecular formula is C9H16N2O4S. The molecule has 1 aliphatic heterocycles. The van der Waals surface area contributed by atoms with E-state index < -0.39 is 12.1 Å². The Hall–Kier alpha value is -0.790. The number of thioether (sulfide) groups is 1. The molecule has 0 bridgehead atoms. The van der Waals surface area contributed by atoms with Crippen LogP contribution in [0.2, 0.25) is 0 Å². The van der Waals surface area contributed by atoms with Gasteiger partial charge < -0.3 is 20.5 Å². The topological polar surface area (TPSA) is 87.7 Å². The smallest absolute Gasteiger partial charge is 0.336 e. The molecule has 1 aliphatic rings. The molecule has 0 radical (unpaired) electrons. The summed E-state index contributed by atoms with van der Waals surface area (Å²) >= 11 is 1.70. The van der Waals surface area contributed by atoms with Gasteiger partial charge in [0.15, 0.2) is 6.10 Å². The second kappa shape index (κ2) is 6.72.